The lowest BCUT2D eigenvalue weighted by atomic mass is 9.96. The summed E-state index contributed by atoms with van der Waals surface area (Å²) >= 11 is 0. The van der Waals surface area contributed by atoms with Crippen LogP contribution in [-0.4, -0.2) is 37.1 Å². The maximum Gasteiger partial charge on any atom is 0.0496 e. The van der Waals surface area contributed by atoms with E-state index in [1.165, 1.54) is 11.1 Å². The van der Waals surface area contributed by atoms with Gasteiger partial charge in [-0.05, 0) is 11.1 Å². The third kappa shape index (κ3) is 2.09. The summed E-state index contributed by atoms with van der Waals surface area (Å²) in [6.45, 7) is 9.10. The van der Waals surface area contributed by atoms with Crippen molar-refractivity contribution < 1.29 is 0 Å². The zero-order valence-corrected chi connectivity index (χ0v) is 10.7. The molecule has 0 saturated carbocycles. The summed E-state index contributed by atoms with van der Waals surface area (Å²) < 4.78 is 0. The number of nitrogens with zero attached hydrogens (tertiary/aromatic N) is 1. The Labute approximate surface area is 109 Å². The number of hydrogen-bond acceptors (Lipinski definition) is 3. The molecule has 1 aromatic carbocycles. The van der Waals surface area contributed by atoms with Crippen LogP contribution in [-0.2, 0) is 6.54 Å². The minimum atomic E-state index is 0.453. The van der Waals surface area contributed by atoms with Crippen molar-refractivity contribution in [2.75, 3.05) is 26.2 Å². The molecule has 2 heterocycles. The quantitative estimate of drug-likeness (QED) is 0.783. The zero-order valence-electron chi connectivity index (χ0n) is 10.7. The fourth-order valence-corrected chi connectivity index (χ4v) is 3.16. The maximum absolute atomic E-state index is 3.88. The van der Waals surface area contributed by atoms with Gasteiger partial charge in [-0.1, -0.05) is 30.3 Å². The van der Waals surface area contributed by atoms with Gasteiger partial charge in [-0.2, -0.15) is 0 Å². The van der Waals surface area contributed by atoms with E-state index in [4.69, 9.17) is 0 Å². The Morgan fingerprint density at radius 2 is 2.28 bits per heavy atom. The zero-order chi connectivity index (χ0) is 12.4. The predicted molar refractivity (Wildman–Crippen MR) is 74.5 cm³/mol. The largest absolute Gasteiger partial charge is 0.314 e. The van der Waals surface area contributed by atoms with Crippen LogP contribution in [0, 0.1) is 0 Å². The van der Waals surface area contributed by atoms with Gasteiger partial charge in [-0.15, -0.1) is 6.58 Å². The van der Waals surface area contributed by atoms with Gasteiger partial charge >= 0.3 is 0 Å². The van der Waals surface area contributed by atoms with Crippen LogP contribution in [0.5, 0.6) is 0 Å². The lowest BCUT2D eigenvalue weighted by molar-refractivity contribution is 0.144. The van der Waals surface area contributed by atoms with Crippen molar-refractivity contribution in [3.8, 4) is 0 Å². The van der Waals surface area contributed by atoms with E-state index in [1.54, 1.807) is 0 Å². The highest BCUT2D eigenvalue weighted by molar-refractivity contribution is 5.35. The van der Waals surface area contributed by atoms with Gasteiger partial charge in [0, 0.05) is 44.8 Å². The first-order chi connectivity index (χ1) is 8.90. The molecule has 2 aliphatic rings. The topological polar surface area (TPSA) is 27.3 Å². The molecule has 0 radical (unpaired) electrons. The Bertz CT molecular complexity index is 430. The van der Waals surface area contributed by atoms with E-state index in [9.17, 15) is 0 Å². The van der Waals surface area contributed by atoms with Crippen LogP contribution in [0.1, 0.15) is 17.2 Å². The summed E-state index contributed by atoms with van der Waals surface area (Å²) in [6, 6.07) is 9.75. The van der Waals surface area contributed by atoms with Crippen molar-refractivity contribution in [2.45, 2.75) is 18.6 Å². The van der Waals surface area contributed by atoms with Crippen molar-refractivity contribution in [3.63, 3.8) is 0 Å². The van der Waals surface area contributed by atoms with E-state index in [0.29, 0.717) is 12.1 Å². The summed E-state index contributed by atoms with van der Waals surface area (Å²) in [6.07, 6.45) is 2.01. The Kier molecular flexibility index (Phi) is 3.46. The van der Waals surface area contributed by atoms with E-state index in [2.05, 4.69) is 46.4 Å². The smallest absolute Gasteiger partial charge is 0.0496 e. The van der Waals surface area contributed by atoms with Crippen LogP contribution in [0.4, 0.5) is 0 Å². The summed E-state index contributed by atoms with van der Waals surface area (Å²) in [7, 11) is 0. The van der Waals surface area contributed by atoms with E-state index in [0.717, 1.165) is 32.7 Å². The van der Waals surface area contributed by atoms with Crippen molar-refractivity contribution in [3.05, 3.63) is 48.0 Å². The lowest BCUT2D eigenvalue weighted by Crippen LogP contribution is -2.55. The SMILES string of the molecule is C=CCN1CCNCC1C1NCc2ccccc21. The minimum Gasteiger partial charge on any atom is -0.314 e. The molecule has 0 aromatic heterocycles. The minimum absolute atomic E-state index is 0.453. The second-order valence-corrected chi connectivity index (χ2v) is 5.11. The number of piperazine rings is 1. The summed E-state index contributed by atoms with van der Waals surface area (Å²) in [5, 5.41) is 7.18. The molecular weight excluding hydrogens is 222 g/mol. The molecular formula is C15H21N3. The molecule has 3 heteroatoms. The van der Waals surface area contributed by atoms with Crippen LogP contribution >= 0.6 is 0 Å². The third-order valence-corrected chi connectivity index (χ3v) is 4.05. The summed E-state index contributed by atoms with van der Waals surface area (Å²) in [5.41, 5.74) is 2.92. The fourth-order valence-electron chi connectivity index (χ4n) is 3.16. The van der Waals surface area contributed by atoms with Crippen LogP contribution in [0.2, 0.25) is 0 Å². The van der Waals surface area contributed by atoms with Crippen LogP contribution < -0.4 is 10.6 Å². The van der Waals surface area contributed by atoms with Crippen LogP contribution in [0.25, 0.3) is 0 Å². The Balaban J connectivity index is 1.83. The van der Waals surface area contributed by atoms with Gasteiger partial charge in [0.25, 0.3) is 0 Å². The Morgan fingerprint density at radius 1 is 1.39 bits per heavy atom. The summed E-state index contributed by atoms with van der Waals surface area (Å²) in [4.78, 5) is 2.53. The molecule has 0 spiro atoms. The van der Waals surface area contributed by atoms with Gasteiger partial charge in [0.1, 0.15) is 0 Å². The first-order valence-electron chi connectivity index (χ1n) is 6.77. The second-order valence-electron chi connectivity index (χ2n) is 5.11. The fraction of sp³-hybridized carbons (Fsp3) is 0.467. The van der Waals surface area contributed by atoms with Gasteiger partial charge in [-0.3, -0.25) is 4.90 Å². The van der Waals surface area contributed by atoms with Crippen LogP contribution in [0.3, 0.4) is 0 Å². The molecule has 1 aromatic rings. The van der Waals surface area contributed by atoms with Gasteiger partial charge in [0.2, 0.25) is 0 Å². The number of rotatable bonds is 3. The first-order valence-corrected chi connectivity index (χ1v) is 6.77. The second kappa shape index (κ2) is 5.22. The normalized spacial score (nSPS) is 28.0. The van der Waals surface area contributed by atoms with Gasteiger partial charge in [0.05, 0.1) is 0 Å². The Morgan fingerprint density at radius 3 is 3.17 bits per heavy atom. The highest BCUT2D eigenvalue weighted by Crippen LogP contribution is 2.30. The molecule has 3 rings (SSSR count). The molecule has 0 aliphatic carbocycles. The highest BCUT2D eigenvalue weighted by atomic mass is 15.2. The molecule has 96 valence electrons. The van der Waals surface area contributed by atoms with Crippen molar-refractivity contribution in [2.24, 2.45) is 0 Å². The van der Waals surface area contributed by atoms with Gasteiger partial charge < -0.3 is 10.6 Å². The monoisotopic (exact) mass is 243 g/mol. The van der Waals surface area contributed by atoms with Gasteiger partial charge in [0.15, 0.2) is 0 Å². The third-order valence-electron chi connectivity index (χ3n) is 4.05. The summed E-state index contributed by atoms with van der Waals surface area (Å²) in [5.74, 6) is 0. The van der Waals surface area contributed by atoms with Crippen LogP contribution in [0.15, 0.2) is 36.9 Å². The number of hydrogen-bond donors (Lipinski definition) is 2. The average Bonchev–Trinajstić information content (AvgIpc) is 2.84. The molecule has 18 heavy (non-hydrogen) atoms. The van der Waals surface area contributed by atoms with E-state index >= 15 is 0 Å². The molecule has 1 saturated heterocycles. The van der Waals surface area contributed by atoms with Gasteiger partial charge in [-0.25, -0.2) is 0 Å². The van der Waals surface area contributed by atoms with Crippen molar-refractivity contribution in [1.29, 1.82) is 0 Å². The number of nitrogens with one attached hydrogen (secondary N) is 2. The highest BCUT2D eigenvalue weighted by Gasteiger charge is 2.33. The van der Waals surface area contributed by atoms with E-state index in [1.807, 2.05) is 6.08 Å². The molecule has 2 unspecified atom stereocenters. The maximum atomic E-state index is 3.88. The molecule has 2 atom stereocenters. The predicted octanol–water partition coefficient (Wildman–Crippen LogP) is 1.29. The molecule has 3 nitrogen and oxygen atoms in total. The lowest BCUT2D eigenvalue weighted by Gasteiger charge is -2.39. The first kappa shape index (κ1) is 11.9. The van der Waals surface area contributed by atoms with Crippen molar-refractivity contribution >= 4 is 0 Å². The molecule has 2 N–H and O–H groups in total. The molecule has 0 bridgehead atoms. The molecule has 1 fully saturated rings. The van der Waals surface area contributed by atoms with Crippen molar-refractivity contribution in [1.82, 2.24) is 15.5 Å². The molecule has 2 aliphatic heterocycles. The van der Waals surface area contributed by atoms with E-state index < -0.39 is 0 Å². The molecule has 0 amide bonds. The standard InChI is InChI=1S/C15H21N3/c1-2-8-18-9-7-16-11-14(18)15-13-6-4-3-5-12(13)10-17-15/h2-6,14-17H,1,7-11H2. The number of benzene rings is 1. The average molecular weight is 243 g/mol. The van der Waals surface area contributed by atoms with E-state index in [-0.39, 0.29) is 0 Å². The number of fused-ring (bicyclic) bond motifs is 1. The Hall–Kier alpha value is -1.16.